The zero-order valence-corrected chi connectivity index (χ0v) is 33.5. The average molecular weight is 793 g/mol. The van der Waals surface area contributed by atoms with E-state index in [1.54, 1.807) is 0 Å². The van der Waals surface area contributed by atoms with Crippen molar-refractivity contribution in [1.29, 1.82) is 0 Å². The number of aromatic nitrogens is 1. The lowest BCUT2D eigenvalue weighted by Crippen LogP contribution is -2.09. The predicted molar refractivity (Wildman–Crippen MR) is 258 cm³/mol. The van der Waals surface area contributed by atoms with Crippen molar-refractivity contribution in [3.8, 4) is 27.9 Å². The van der Waals surface area contributed by atoms with Crippen LogP contribution in [0.5, 0.6) is 0 Å². The number of fused-ring (bicyclic) bond motifs is 11. The molecule has 0 saturated carbocycles. The minimum atomic E-state index is 0.856. The molecular formula is C58H36N2O2. The second kappa shape index (κ2) is 13.6. The van der Waals surface area contributed by atoms with Crippen LogP contribution in [0.4, 0.5) is 17.1 Å². The minimum absolute atomic E-state index is 0.856. The molecule has 3 heterocycles. The Morgan fingerprint density at radius 2 is 0.935 bits per heavy atom. The number of furan rings is 2. The van der Waals surface area contributed by atoms with Gasteiger partial charge in [0, 0.05) is 66.5 Å². The van der Waals surface area contributed by atoms with Crippen molar-refractivity contribution in [1.82, 2.24) is 4.57 Å². The fraction of sp³-hybridized carbons (Fsp3) is 0. The van der Waals surface area contributed by atoms with Gasteiger partial charge in [-0.1, -0.05) is 133 Å². The van der Waals surface area contributed by atoms with Crippen LogP contribution in [0.25, 0.3) is 104 Å². The lowest BCUT2D eigenvalue weighted by atomic mass is 9.98. The van der Waals surface area contributed by atoms with Crippen LogP contribution in [-0.2, 0) is 0 Å². The van der Waals surface area contributed by atoms with Crippen LogP contribution in [0.15, 0.2) is 227 Å². The van der Waals surface area contributed by atoms with E-state index in [0.717, 1.165) is 94.3 Å². The molecule has 0 aliphatic carbocycles. The van der Waals surface area contributed by atoms with Crippen molar-refractivity contribution < 1.29 is 8.83 Å². The van der Waals surface area contributed by atoms with Crippen LogP contribution in [0, 0.1) is 0 Å². The smallest absolute Gasteiger partial charge is 0.143 e. The SMILES string of the molecule is c1cc(-c2ccc(N(c3ccc(-c4cccc5oc6c7ccccc7ccc6c45)cc3)c3ccc4c(c3)oc3ccccc34)cc2)cc(-n2c3ccccc3c3ccccc32)c1. The van der Waals surface area contributed by atoms with Crippen LogP contribution in [0.3, 0.4) is 0 Å². The molecule has 0 aliphatic rings. The molecule has 10 aromatic carbocycles. The van der Waals surface area contributed by atoms with Gasteiger partial charge >= 0.3 is 0 Å². The topological polar surface area (TPSA) is 34.5 Å². The summed E-state index contributed by atoms with van der Waals surface area (Å²) in [6.07, 6.45) is 0. The van der Waals surface area contributed by atoms with Gasteiger partial charge in [-0.15, -0.1) is 0 Å². The zero-order chi connectivity index (χ0) is 40.7. The Labute approximate surface area is 356 Å². The van der Waals surface area contributed by atoms with E-state index >= 15 is 0 Å². The van der Waals surface area contributed by atoms with E-state index in [1.807, 2.05) is 12.1 Å². The Bertz CT molecular complexity index is 3810. The first-order chi connectivity index (χ1) is 30.7. The molecular weight excluding hydrogens is 757 g/mol. The molecule has 62 heavy (non-hydrogen) atoms. The van der Waals surface area contributed by atoms with Crippen molar-refractivity contribution in [2.24, 2.45) is 0 Å². The second-order valence-electron chi connectivity index (χ2n) is 16.1. The van der Waals surface area contributed by atoms with Gasteiger partial charge < -0.3 is 18.3 Å². The van der Waals surface area contributed by atoms with Crippen molar-refractivity contribution >= 4 is 93.5 Å². The monoisotopic (exact) mass is 792 g/mol. The number of hydrogen-bond donors (Lipinski definition) is 0. The van der Waals surface area contributed by atoms with Gasteiger partial charge in [0.15, 0.2) is 0 Å². The molecule has 13 rings (SSSR count). The molecule has 0 aliphatic heterocycles. The first-order valence-electron chi connectivity index (χ1n) is 21.1. The van der Waals surface area contributed by atoms with Gasteiger partial charge in [-0.3, -0.25) is 0 Å². The molecule has 0 fully saturated rings. The Morgan fingerprint density at radius 3 is 1.71 bits per heavy atom. The third kappa shape index (κ3) is 5.33. The Hall–Kier alpha value is -8.34. The van der Waals surface area contributed by atoms with E-state index in [4.69, 9.17) is 8.83 Å². The average Bonchev–Trinajstić information content (AvgIpc) is 4.02. The Kier molecular flexibility index (Phi) is 7.57. The molecule has 0 spiro atoms. The molecule has 0 unspecified atom stereocenters. The van der Waals surface area contributed by atoms with Gasteiger partial charge in [0.25, 0.3) is 0 Å². The third-order valence-electron chi connectivity index (χ3n) is 12.6. The van der Waals surface area contributed by atoms with E-state index in [0.29, 0.717) is 0 Å². The fourth-order valence-corrected chi connectivity index (χ4v) is 9.71. The van der Waals surface area contributed by atoms with E-state index in [1.165, 1.54) is 27.2 Å². The van der Waals surface area contributed by atoms with E-state index in [2.05, 4.69) is 216 Å². The van der Waals surface area contributed by atoms with Gasteiger partial charge in [-0.05, 0) is 107 Å². The van der Waals surface area contributed by atoms with Crippen molar-refractivity contribution in [2.75, 3.05) is 4.90 Å². The number of nitrogens with zero attached hydrogens (tertiary/aromatic N) is 2. The van der Waals surface area contributed by atoms with E-state index < -0.39 is 0 Å². The highest BCUT2D eigenvalue weighted by Crippen LogP contribution is 2.43. The summed E-state index contributed by atoms with van der Waals surface area (Å²) in [6, 6.07) is 77.9. The molecule has 290 valence electrons. The molecule has 0 amide bonds. The predicted octanol–water partition coefficient (Wildman–Crippen LogP) is 16.5. The number of para-hydroxylation sites is 3. The zero-order valence-electron chi connectivity index (χ0n) is 33.5. The highest BCUT2D eigenvalue weighted by molar-refractivity contribution is 6.19. The van der Waals surface area contributed by atoms with Crippen molar-refractivity contribution in [3.05, 3.63) is 218 Å². The van der Waals surface area contributed by atoms with Crippen LogP contribution < -0.4 is 4.90 Å². The van der Waals surface area contributed by atoms with Crippen LogP contribution >= 0.6 is 0 Å². The molecule has 4 nitrogen and oxygen atoms in total. The Morgan fingerprint density at radius 1 is 0.339 bits per heavy atom. The maximum absolute atomic E-state index is 6.54. The standard InChI is InChI=1S/C58H36N2O2/c1-2-14-46-38(11-1)27-33-51-57-45(18-10-22-55(57)62-58(46)51)39-25-30-42(31-26-39)59(44-32-34-50-49-17-5-8-21-54(49)61-56(50)36-44)41-28-23-37(24-29-41)40-12-9-13-43(35-40)60-52-19-6-3-15-47(52)48-16-4-7-20-53(48)60/h1-36H. The highest BCUT2D eigenvalue weighted by atomic mass is 16.3. The number of rotatable bonds is 6. The summed E-state index contributed by atoms with van der Waals surface area (Å²) in [6.45, 7) is 0. The number of hydrogen-bond acceptors (Lipinski definition) is 3. The van der Waals surface area contributed by atoms with Crippen molar-refractivity contribution in [3.63, 3.8) is 0 Å². The first-order valence-corrected chi connectivity index (χ1v) is 21.1. The molecule has 0 bridgehead atoms. The molecule has 0 saturated heterocycles. The molecule has 0 atom stereocenters. The van der Waals surface area contributed by atoms with Gasteiger partial charge in [0.1, 0.15) is 22.3 Å². The van der Waals surface area contributed by atoms with Crippen LogP contribution in [0.1, 0.15) is 0 Å². The van der Waals surface area contributed by atoms with E-state index in [9.17, 15) is 0 Å². The number of anilines is 3. The summed E-state index contributed by atoms with van der Waals surface area (Å²) in [7, 11) is 0. The van der Waals surface area contributed by atoms with Crippen molar-refractivity contribution in [2.45, 2.75) is 0 Å². The molecule has 3 aromatic heterocycles. The maximum atomic E-state index is 6.54. The first kappa shape index (κ1) is 34.5. The number of benzene rings is 10. The summed E-state index contributed by atoms with van der Waals surface area (Å²) in [5.41, 5.74) is 14.8. The lowest BCUT2D eigenvalue weighted by Gasteiger charge is -2.26. The molecule has 0 N–H and O–H groups in total. The van der Waals surface area contributed by atoms with Crippen LogP contribution in [-0.4, -0.2) is 4.57 Å². The summed E-state index contributed by atoms with van der Waals surface area (Å²) in [5.74, 6) is 0. The Balaban J connectivity index is 0.912. The van der Waals surface area contributed by atoms with E-state index in [-0.39, 0.29) is 0 Å². The molecule has 13 aromatic rings. The van der Waals surface area contributed by atoms with Gasteiger partial charge in [-0.2, -0.15) is 0 Å². The lowest BCUT2D eigenvalue weighted by molar-refractivity contribution is 0.669. The van der Waals surface area contributed by atoms with Gasteiger partial charge in [0.2, 0.25) is 0 Å². The van der Waals surface area contributed by atoms with Gasteiger partial charge in [-0.25, -0.2) is 0 Å². The largest absolute Gasteiger partial charge is 0.456 e. The third-order valence-corrected chi connectivity index (χ3v) is 12.6. The molecule has 0 radical (unpaired) electrons. The fourth-order valence-electron chi connectivity index (χ4n) is 9.71. The normalized spacial score (nSPS) is 11.9. The maximum Gasteiger partial charge on any atom is 0.143 e. The van der Waals surface area contributed by atoms with Crippen LogP contribution in [0.2, 0.25) is 0 Å². The summed E-state index contributed by atoms with van der Waals surface area (Å²) in [5, 5.41) is 9.29. The summed E-state index contributed by atoms with van der Waals surface area (Å²) < 4.78 is 15.3. The minimum Gasteiger partial charge on any atom is -0.456 e. The summed E-state index contributed by atoms with van der Waals surface area (Å²) in [4.78, 5) is 2.31. The summed E-state index contributed by atoms with van der Waals surface area (Å²) >= 11 is 0. The molecule has 4 heteroatoms. The van der Waals surface area contributed by atoms with Gasteiger partial charge in [0.05, 0.1) is 11.0 Å². The second-order valence-corrected chi connectivity index (χ2v) is 16.1. The highest BCUT2D eigenvalue weighted by Gasteiger charge is 2.19. The quantitative estimate of drug-likeness (QED) is 0.168.